The Kier molecular flexibility index (Phi) is 4.35. The first-order chi connectivity index (χ1) is 16.0. The molecule has 2 aliphatic rings. The molecule has 0 fully saturated rings. The smallest absolute Gasteiger partial charge is 0.0725 e. The van der Waals surface area contributed by atoms with E-state index in [0.717, 1.165) is 0 Å². The van der Waals surface area contributed by atoms with Crippen LogP contribution in [0.5, 0.6) is 0 Å². The fourth-order valence-electron chi connectivity index (χ4n) is 6.02. The van der Waals surface area contributed by atoms with Gasteiger partial charge >= 0.3 is 0 Å². The molecule has 0 nitrogen and oxygen atoms in total. The topological polar surface area (TPSA) is 0 Å². The quantitative estimate of drug-likeness (QED) is 0.260. The second kappa shape index (κ2) is 7.18. The largest absolute Gasteiger partial charge is 0.0758 e. The molecule has 0 saturated carbocycles. The molecule has 0 heteroatoms. The highest BCUT2D eigenvalue weighted by Crippen LogP contribution is 2.62. The molecule has 0 atom stereocenters. The van der Waals surface area contributed by atoms with Crippen molar-refractivity contribution in [2.45, 2.75) is 33.1 Å². The average molecular weight is 425 g/mol. The van der Waals surface area contributed by atoms with Crippen molar-refractivity contribution in [3.05, 3.63) is 129 Å². The molecule has 0 amide bonds. The van der Waals surface area contributed by atoms with Gasteiger partial charge in [0.15, 0.2) is 0 Å². The van der Waals surface area contributed by atoms with E-state index < -0.39 is 0 Å². The summed E-state index contributed by atoms with van der Waals surface area (Å²) in [6.07, 6.45) is 4.58. The fraction of sp³-hybridized carbons (Fsp3) is 0.152. The predicted molar refractivity (Wildman–Crippen MR) is 141 cm³/mol. The molecule has 4 aromatic rings. The summed E-state index contributed by atoms with van der Waals surface area (Å²) >= 11 is 0. The van der Waals surface area contributed by atoms with E-state index >= 15 is 0 Å². The van der Waals surface area contributed by atoms with Crippen LogP contribution in [-0.4, -0.2) is 0 Å². The van der Waals surface area contributed by atoms with E-state index in [2.05, 4.69) is 125 Å². The Hall–Kier alpha value is -3.64. The summed E-state index contributed by atoms with van der Waals surface area (Å²) in [5, 5.41) is 0. The molecule has 0 bridgehead atoms. The number of hydrogen-bond donors (Lipinski definition) is 0. The third-order valence-electron chi connectivity index (χ3n) is 7.05. The molecule has 0 N–H and O–H groups in total. The third kappa shape index (κ3) is 2.77. The van der Waals surface area contributed by atoms with Gasteiger partial charge in [0.1, 0.15) is 0 Å². The molecule has 33 heavy (non-hydrogen) atoms. The minimum Gasteiger partial charge on any atom is -0.0758 e. The van der Waals surface area contributed by atoms with Crippen molar-refractivity contribution in [1.82, 2.24) is 0 Å². The van der Waals surface area contributed by atoms with Crippen molar-refractivity contribution in [2.24, 2.45) is 0 Å². The van der Waals surface area contributed by atoms with Gasteiger partial charge in [-0.2, -0.15) is 0 Å². The van der Waals surface area contributed by atoms with Crippen LogP contribution in [0.15, 0.2) is 96.1 Å². The van der Waals surface area contributed by atoms with Crippen LogP contribution < -0.4 is 0 Å². The summed E-state index contributed by atoms with van der Waals surface area (Å²) < 4.78 is 0. The maximum atomic E-state index is 2.43. The normalized spacial score (nSPS) is 13.7. The van der Waals surface area contributed by atoms with Crippen LogP contribution in [0, 0.1) is 0 Å². The van der Waals surface area contributed by atoms with Crippen LogP contribution in [0.1, 0.15) is 61.1 Å². The molecule has 0 aliphatic heterocycles. The number of rotatable bonds is 2. The highest BCUT2D eigenvalue weighted by molar-refractivity contribution is 5.95. The van der Waals surface area contributed by atoms with Gasteiger partial charge in [0.2, 0.25) is 0 Å². The standard InChI is InChI=1S/C33H28/c1-21(2)17-23-13-15-27-28-16-14-24(18-22(3)4)20-32(28)33(31(27)19-23)29-11-7-5-9-25(29)26-10-6-8-12-30(26)33/h5-20H,1-4H3. The molecule has 0 aromatic heterocycles. The Morgan fingerprint density at radius 2 is 0.879 bits per heavy atom. The maximum absolute atomic E-state index is 2.43. The Morgan fingerprint density at radius 3 is 1.30 bits per heavy atom. The van der Waals surface area contributed by atoms with Crippen molar-refractivity contribution < 1.29 is 0 Å². The van der Waals surface area contributed by atoms with Gasteiger partial charge in [-0.25, -0.2) is 0 Å². The lowest BCUT2D eigenvalue weighted by Gasteiger charge is -2.31. The van der Waals surface area contributed by atoms with E-state index in [9.17, 15) is 0 Å². The molecule has 0 radical (unpaired) electrons. The summed E-state index contributed by atoms with van der Waals surface area (Å²) in [7, 11) is 0. The Labute approximate surface area is 196 Å². The first kappa shape index (κ1) is 20.0. The molecule has 0 heterocycles. The molecule has 1 spiro atoms. The Morgan fingerprint density at radius 1 is 0.485 bits per heavy atom. The summed E-state index contributed by atoms with van der Waals surface area (Å²) in [6, 6.07) is 32.1. The van der Waals surface area contributed by atoms with E-state index in [1.807, 2.05) is 0 Å². The van der Waals surface area contributed by atoms with E-state index in [1.54, 1.807) is 0 Å². The van der Waals surface area contributed by atoms with E-state index in [1.165, 1.54) is 66.8 Å². The summed E-state index contributed by atoms with van der Waals surface area (Å²) in [5.41, 5.74) is 15.9. The molecule has 0 saturated heterocycles. The van der Waals surface area contributed by atoms with Gasteiger partial charge in [-0.05, 0) is 95.5 Å². The van der Waals surface area contributed by atoms with Gasteiger partial charge in [0, 0.05) is 0 Å². The molecule has 4 aromatic carbocycles. The molecule has 2 aliphatic carbocycles. The van der Waals surface area contributed by atoms with Gasteiger partial charge in [-0.15, -0.1) is 0 Å². The predicted octanol–water partition coefficient (Wildman–Crippen LogP) is 8.88. The second-order valence-corrected chi connectivity index (χ2v) is 9.89. The van der Waals surface area contributed by atoms with Crippen LogP contribution in [0.25, 0.3) is 34.4 Å². The van der Waals surface area contributed by atoms with Crippen LogP contribution in [-0.2, 0) is 5.41 Å². The van der Waals surface area contributed by atoms with Gasteiger partial charge in [0.05, 0.1) is 5.41 Å². The summed E-state index contributed by atoms with van der Waals surface area (Å²) in [4.78, 5) is 0. The lowest BCUT2D eigenvalue weighted by atomic mass is 9.70. The van der Waals surface area contributed by atoms with Crippen LogP contribution in [0.2, 0.25) is 0 Å². The number of hydrogen-bond acceptors (Lipinski definition) is 0. The van der Waals surface area contributed by atoms with Gasteiger partial charge in [-0.3, -0.25) is 0 Å². The van der Waals surface area contributed by atoms with Gasteiger partial charge < -0.3 is 0 Å². The monoisotopic (exact) mass is 424 g/mol. The van der Waals surface area contributed by atoms with Crippen molar-refractivity contribution in [2.75, 3.05) is 0 Å². The van der Waals surface area contributed by atoms with E-state index in [0.29, 0.717) is 0 Å². The lowest BCUT2D eigenvalue weighted by molar-refractivity contribution is 0.793. The Balaban J connectivity index is 1.78. The van der Waals surface area contributed by atoms with E-state index in [-0.39, 0.29) is 5.41 Å². The van der Waals surface area contributed by atoms with Crippen LogP contribution in [0.4, 0.5) is 0 Å². The lowest BCUT2D eigenvalue weighted by Crippen LogP contribution is -2.26. The molecule has 160 valence electrons. The van der Waals surface area contributed by atoms with E-state index in [4.69, 9.17) is 0 Å². The van der Waals surface area contributed by atoms with Gasteiger partial charge in [-0.1, -0.05) is 96.1 Å². The minimum atomic E-state index is -0.283. The first-order valence-corrected chi connectivity index (χ1v) is 11.8. The van der Waals surface area contributed by atoms with Crippen molar-refractivity contribution >= 4 is 12.2 Å². The minimum absolute atomic E-state index is 0.283. The van der Waals surface area contributed by atoms with Crippen LogP contribution in [0.3, 0.4) is 0 Å². The zero-order valence-electron chi connectivity index (χ0n) is 19.7. The molecule has 0 unspecified atom stereocenters. The summed E-state index contributed by atoms with van der Waals surface area (Å²) in [6.45, 7) is 8.68. The highest BCUT2D eigenvalue weighted by Gasteiger charge is 2.51. The van der Waals surface area contributed by atoms with Crippen molar-refractivity contribution in [1.29, 1.82) is 0 Å². The van der Waals surface area contributed by atoms with Crippen molar-refractivity contribution in [3.63, 3.8) is 0 Å². The summed E-state index contributed by atoms with van der Waals surface area (Å²) in [5.74, 6) is 0. The average Bonchev–Trinajstić information content (AvgIpc) is 3.25. The SMILES string of the molecule is CC(C)=Cc1ccc2c(c1)C1(c3ccccc3-c3ccccc31)c1cc(C=C(C)C)ccc1-2. The number of allylic oxidation sites excluding steroid dienone is 2. The second-order valence-electron chi connectivity index (χ2n) is 9.89. The molecular weight excluding hydrogens is 396 g/mol. The third-order valence-corrected chi connectivity index (χ3v) is 7.05. The zero-order chi connectivity index (χ0) is 22.7. The number of benzene rings is 4. The molecule has 6 rings (SSSR count). The van der Waals surface area contributed by atoms with Gasteiger partial charge in [0.25, 0.3) is 0 Å². The van der Waals surface area contributed by atoms with Crippen LogP contribution >= 0.6 is 0 Å². The highest BCUT2D eigenvalue weighted by atomic mass is 14.5. The Bertz CT molecular complexity index is 1370. The van der Waals surface area contributed by atoms with Crippen molar-refractivity contribution in [3.8, 4) is 22.3 Å². The first-order valence-electron chi connectivity index (χ1n) is 11.8. The molecular formula is C33H28. The number of fused-ring (bicyclic) bond motifs is 10. The fourth-order valence-corrected chi connectivity index (χ4v) is 6.02. The maximum Gasteiger partial charge on any atom is 0.0725 e. The zero-order valence-corrected chi connectivity index (χ0v) is 19.7.